The molecule has 6 rings (SSSR count). The van der Waals surface area contributed by atoms with Crippen molar-refractivity contribution in [3.05, 3.63) is 40.0 Å². The van der Waals surface area contributed by atoms with Gasteiger partial charge in [0.1, 0.15) is 5.15 Å². The number of pyridine rings is 2. The van der Waals surface area contributed by atoms with E-state index < -0.39 is 5.41 Å². The van der Waals surface area contributed by atoms with Crippen LogP contribution in [0.1, 0.15) is 44.1 Å². The number of carbonyl (C=O) groups excluding carboxylic acids is 2. The van der Waals surface area contributed by atoms with Gasteiger partial charge in [0.25, 0.3) is 0 Å². The number of aromatic nitrogens is 2. The minimum absolute atomic E-state index is 0.116. The highest BCUT2D eigenvalue weighted by molar-refractivity contribution is 7.19. The molecule has 0 bridgehead atoms. The Morgan fingerprint density at radius 2 is 1.95 bits per heavy atom. The molecule has 2 aliphatic heterocycles. The van der Waals surface area contributed by atoms with Gasteiger partial charge in [0.05, 0.1) is 33.6 Å². The molecule has 37 heavy (non-hydrogen) atoms. The van der Waals surface area contributed by atoms with Crippen molar-refractivity contribution in [2.45, 2.75) is 53.1 Å². The molecule has 2 saturated heterocycles. The van der Waals surface area contributed by atoms with E-state index in [0.717, 1.165) is 37.6 Å². The Morgan fingerprint density at radius 3 is 2.59 bits per heavy atom. The maximum atomic E-state index is 13.0. The van der Waals surface area contributed by atoms with Crippen molar-refractivity contribution in [1.82, 2.24) is 19.8 Å². The lowest BCUT2D eigenvalue weighted by atomic mass is 9.61. The predicted molar refractivity (Wildman–Crippen MR) is 148 cm³/mol. The van der Waals surface area contributed by atoms with Crippen molar-refractivity contribution < 1.29 is 9.59 Å². The number of imide groups is 1. The van der Waals surface area contributed by atoms with Gasteiger partial charge in [-0.1, -0.05) is 32.4 Å². The van der Waals surface area contributed by atoms with E-state index in [4.69, 9.17) is 16.6 Å². The number of rotatable bonds is 5. The third-order valence-electron chi connectivity index (χ3n) is 8.65. The Morgan fingerprint density at radius 1 is 1.22 bits per heavy atom. The second kappa shape index (κ2) is 8.48. The van der Waals surface area contributed by atoms with Crippen molar-refractivity contribution in [1.29, 1.82) is 0 Å². The lowest BCUT2D eigenvalue weighted by Gasteiger charge is -2.58. The Balaban J connectivity index is 1.33. The third kappa shape index (κ3) is 3.96. The van der Waals surface area contributed by atoms with E-state index >= 15 is 0 Å². The lowest BCUT2D eigenvalue weighted by molar-refractivity contribution is -0.141. The maximum Gasteiger partial charge on any atom is 0.235 e. The van der Waals surface area contributed by atoms with E-state index in [-0.39, 0.29) is 24.3 Å². The van der Waals surface area contributed by atoms with Crippen LogP contribution in [0.2, 0.25) is 5.15 Å². The summed E-state index contributed by atoms with van der Waals surface area (Å²) in [6.07, 6.45) is 4.12. The summed E-state index contributed by atoms with van der Waals surface area (Å²) in [7, 11) is 2.18. The SMILES string of the molecule is Cc1cc(Cl)nc(-c2ccnc3cc(CN4C(=O)C(C)C(C)(C)C4=O)sc23)c1NC1CC2(C1)CN(C)C2. The molecular formula is C28H32ClN5O2S. The fourth-order valence-corrected chi connectivity index (χ4v) is 7.76. The van der Waals surface area contributed by atoms with Gasteiger partial charge < -0.3 is 10.2 Å². The molecule has 3 fully saturated rings. The van der Waals surface area contributed by atoms with Crippen molar-refractivity contribution >= 4 is 50.7 Å². The van der Waals surface area contributed by atoms with Crippen LogP contribution in [-0.4, -0.2) is 57.8 Å². The van der Waals surface area contributed by atoms with Crippen LogP contribution in [0.4, 0.5) is 5.69 Å². The molecule has 194 valence electrons. The first-order chi connectivity index (χ1) is 17.5. The second-order valence-corrected chi connectivity index (χ2v) is 13.4. The summed E-state index contributed by atoms with van der Waals surface area (Å²) in [6.45, 7) is 10.2. The zero-order chi connectivity index (χ0) is 26.3. The monoisotopic (exact) mass is 537 g/mol. The molecule has 0 aromatic carbocycles. The van der Waals surface area contributed by atoms with Crippen LogP contribution in [-0.2, 0) is 16.1 Å². The molecule has 1 spiro atoms. The first-order valence-electron chi connectivity index (χ1n) is 12.8. The molecular weight excluding hydrogens is 506 g/mol. The Labute approximate surface area is 226 Å². The number of nitrogens with zero attached hydrogens (tertiary/aromatic N) is 4. The van der Waals surface area contributed by atoms with Gasteiger partial charge in [-0.2, -0.15) is 0 Å². The van der Waals surface area contributed by atoms with E-state index in [1.807, 2.05) is 39.0 Å². The predicted octanol–water partition coefficient (Wildman–Crippen LogP) is 5.36. The van der Waals surface area contributed by atoms with Crippen LogP contribution in [0.15, 0.2) is 24.4 Å². The van der Waals surface area contributed by atoms with Crippen LogP contribution < -0.4 is 5.32 Å². The summed E-state index contributed by atoms with van der Waals surface area (Å²) in [5.41, 5.74) is 4.47. The zero-order valence-electron chi connectivity index (χ0n) is 21.9. The molecule has 1 atom stereocenters. The number of fused-ring (bicyclic) bond motifs is 1. The highest BCUT2D eigenvalue weighted by Gasteiger charge is 2.52. The molecule has 3 aromatic heterocycles. The summed E-state index contributed by atoms with van der Waals surface area (Å²) >= 11 is 8.01. The minimum Gasteiger partial charge on any atom is -0.380 e. The van der Waals surface area contributed by atoms with Crippen LogP contribution in [0.3, 0.4) is 0 Å². The number of anilines is 1. The van der Waals surface area contributed by atoms with Crippen molar-refractivity contribution in [2.75, 3.05) is 25.5 Å². The number of aryl methyl sites for hydroxylation is 1. The molecule has 2 amide bonds. The summed E-state index contributed by atoms with van der Waals surface area (Å²) in [6, 6.07) is 6.28. The average Bonchev–Trinajstić information content (AvgIpc) is 3.27. The molecule has 0 radical (unpaired) electrons. The molecule has 1 aliphatic carbocycles. The van der Waals surface area contributed by atoms with Crippen LogP contribution in [0.25, 0.3) is 21.5 Å². The number of hydrogen-bond acceptors (Lipinski definition) is 7. The highest BCUT2D eigenvalue weighted by atomic mass is 35.5. The van der Waals surface area contributed by atoms with E-state index in [1.54, 1.807) is 17.5 Å². The number of hydrogen-bond donors (Lipinski definition) is 1. The van der Waals surface area contributed by atoms with Gasteiger partial charge in [0, 0.05) is 41.7 Å². The first-order valence-corrected chi connectivity index (χ1v) is 14.0. The van der Waals surface area contributed by atoms with Gasteiger partial charge in [-0.05, 0) is 56.0 Å². The smallest absolute Gasteiger partial charge is 0.235 e. The third-order valence-corrected chi connectivity index (χ3v) is 9.99. The molecule has 3 aliphatic rings. The van der Waals surface area contributed by atoms with Gasteiger partial charge in [-0.25, -0.2) is 4.98 Å². The average molecular weight is 538 g/mol. The first kappa shape index (κ1) is 24.8. The molecule has 5 heterocycles. The summed E-state index contributed by atoms with van der Waals surface area (Å²) < 4.78 is 0.979. The standard InChI is InChI=1S/C28H32ClN5O2S/c1-15-8-21(29)32-23(22(15)31-17-10-28(11-17)13-33(5)14-28)19-6-7-30-20-9-18(37-24(19)20)12-34-25(35)16(2)27(3,4)26(34)36/h6-9,16-17,31H,10-14H2,1-5H3. The van der Waals surface area contributed by atoms with Gasteiger partial charge in [-0.15, -0.1) is 11.3 Å². The van der Waals surface area contributed by atoms with Crippen molar-refractivity contribution in [2.24, 2.45) is 16.7 Å². The molecule has 9 heteroatoms. The number of likely N-dealkylation sites (tertiary alicyclic amines) is 2. The summed E-state index contributed by atoms with van der Waals surface area (Å²) in [5.74, 6) is -0.568. The Kier molecular flexibility index (Phi) is 5.68. The van der Waals surface area contributed by atoms with Crippen molar-refractivity contribution in [3.63, 3.8) is 0 Å². The Hall–Kier alpha value is -2.55. The molecule has 3 aromatic rings. The molecule has 1 unspecified atom stereocenters. The number of amides is 2. The second-order valence-electron chi connectivity index (χ2n) is 11.9. The zero-order valence-corrected chi connectivity index (χ0v) is 23.5. The van der Waals surface area contributed by atoms with E-state index in [9.17, 15) is 9.59 Å². The highest BCUT2D eigenvalue weighted by Crippen LogP contribution is 2.50. The Bertz CT molecular complexity index is 1440. The van der Waals surface area contributed by atoms with E-state index in [2.05, 4.69) is 29.2 Å². The van der Waals surface area contributed by atoms with Gasteiger partial charge in [-0.3, -0.25) is 19.5 Å². The van der Waals surface area contributed by atoms with E-state index in [1.165, 1.54) is 30.8 Å². The van der Waals surface area contributed by atoms with Gasteiger partial charge in [0.2, 0.25) is 11.8 Å². The molecule has 1 N–H and O–H groups in total. The summed E-state index contributed by atoms with van der Waals surface area (Å²) in [4.78, 5) is 39.9. The fraction of sp³-hybridized carbons (Fsp3) is 0.500. The van der Waals surface area contributed by atoms with Crippen molar-refractivity contribution in [3.8, 4) is 11.3 Å². The minimum atomic E-state index is -0.686. The number of nitrogens with one attached hydrogen (secondary N) is 1. The number of thiophene rings is 1. The van der Waals surface area contributed by atoms with Crippen LogP contribution in [0, 0.1) is 23.7 Å². The quantitative estimate of drug-likeness (QED) is 0.349. The number of carbonyl (C=O) groups is 2. The number of halogens is 1. The molecule has 7 nitrogen and oxygen atoms in total. The van der Waals surface area contributed by atoms with Gasteiger partial charge in [0.15, 0.2) is 0 Å². The largest absolute Gasteiger partial charge is 0.380 e. The van der Waals surface area contributed by atoms with Gasteiger partial charge >= 0.3 is 0 Å². The fourth-order valence-electron chi connectivity index (χ4n) is 6.39. The van der Waals surface area contributed by atoms with Crippen LogP contribution >= 0.6 is 22.9 Å². The lowest BCUT2D eigenvalue weighted by Crippen LogP contribution is -2.63. The van der Waals surface area contributed by atoms with Crippen LogP contribution in [0.5, 0.6) is 0 Å². The summed E-state index contributed by atoms with van der Waals surface area (Å²) in [5, 5.41) is 4.24. The van der Waals surface area contributed by atoms with E-state index in [0.29, 0.717) is 16.6 Å². The maximum absolute atomic E-state index is 13.0. The normalized spacial score (nSPS) is 23.1. The topological polar surface area (TPSA) is 78.4 Å². The molecule has 1 saturated carbocycles.